The van der Waals surface area contributed by atoms with Crippen LogP contribution in [0.4, 0.5) is 5.69 Å². The Morgan fingerprint density at radius 2 is 2.35 bits per heavy atom. The second-order valence-corrected chi connectivity index (χ2v) is 4.87. The fraction of sp³-hybridized carbons (Fsp3) is 0.500. The quantitative estimate of drug-likeness (QED) is 0.794. The van der Waals surface area contributed by atoms with E-state index < -0.39 is 0 Å². The SMILES string of the molecule is NC1CCCC(C(=O)Nc2ccnc(Cl)c2)C1. The molecule has 1 aromatic heterocycles. The first-order valence-corrected chi connectivity index (χ1v) is 6.21. The van der Waals surface area contributed by atoms with E-state index in [0.717, 1.165) is 25.7 Å². The predicted octanol–water partition coefficient (Wildman–Crippen LogP) is 2.19. The van der Waals surface area contributed by atoms with Crippen molar-refractivity contribution < 1.29 is 4.79 Å². The van der Waals surface area contributed by atoms with Gasteiger partial charge in [0.25, 0.3) is 0 Å². The summed E-state index contributed by atoms with van der Waals surface area (Å²) < 4.78 is 0. The number of rotatable bonds is 2. The number of hydrogen-bond donors (Lipinski definition) is 2. The largest absolute Gasteiger partial charge is 0.328 e. The van der Waals surface area contributed by atoms with Gasteiger partial charge < -0.3 is 11.1 Å². The summed E-state index contributed by atoms with van der Waals surface area (Å²) in [7, 11) is 0. The minimum absolute atomic E-state index is 0.0192. The lowest BCUT2D eigenvalue weighted by Crippen LogP contribution is -2.34. The summed E-state index contributed by atoms with van der Waals surface area (Å²) in [5, 5.41) is 3.23. The van der Waals surface area contributed by atoms with Gasteiger partial charge in [0.2, 0.25) is 5.91 Å². The minimum atomic E-state index is 0.0192. The Morgan fingerprint density at radius 1 is 1.53 bits per heavy atom. The number of carbonyl (C=O) groups excluding carboxylic acids is 1. The summed E-state index contributed by atoms with van der Waals surface area (Å²) in [4.78, 5) is 15.9. The van der Waals surface area contributed by atoms with Gasteiger partial charge in [0.15, 0.2) is 0 Å². The lowest BCUT2D eigenvalue weighted by Gasteiger charge is -2.25. The molecule has 0 aliphatic heterocycles. The van der Waals surface area contributed by atoms with Gasteiger partial charge in [-0.15, -0.1) is 0 Å². The number of nitrogens with one attached hydrogen (secondary N) is 1. The van der Waals surface area contributed by atoms with E-state index >= 15 is 0 Å². The number of anilines is 1. The summed E-state index contributed by atoms with van der Waals surface area (Å²) in [6, 6.07) is 3.52. The van der Waals surface area contributed by atoms with E-state index in [0.29, 0.717) is 10.8 Å². The molecule has 2 unspecified atom stereocenters. The van der Waals surface area contributed by atoms with Crippen molar-refractivity contribution >= 4 is 23.2 Å². The predicted molar refractivity (Wildman–Crippen MR) is 67.8 cm³/mol. The number of aromatic nitrogens is 1. The lowest BCUT2D eigenvalue weighted by atomic mass is 9.85. The number of halogens is 1. The fourth-order valence-electron chi connectivity index (χ4n) is 2.19. The summed E-state index contributed by atoms with van der Waals surface area (Å²) in [5.41, 5.74) is 6.56. The van der Waals surface area contributed by atoms with Crippen LogP contribution in [0.15, 0.2) is 18.3 Å². The minimum Gasteiger partial charge on any atom is -0.328 e. The third kappa shape index (κ3) is 3.41. The molecule has 3 N–H and O–H groups in total. The van der Waals surface area contributed by atoms with Gasteiger partial charge in [0.05, 0.1) is 0 Å². The Hall–Kier alpha value is -1.13. The average Bonchev–Trinajstić information content (AvgIpc) is 2.29. The molecule has 1 aromatic rings. The van der Waals surface area contributed by atoms with Crippen molar-refractivity contribution in [3.63, 3.8) is 0 Å². The van der Waals surface area contributed by atoms with Gasteiger partial charge in [-0.3, -0.25) is 4.79 Å². The van der Waals surface area contributed by atoms with Crippen LogP contribution in [-0.2, 0) is 4.79 Å². The van der Waals surface area contributed by atoms with E-state index in [1.165, 1.54) is 0 Å². The Balaban J connectivity index is 1.96. The molecule has 17 heavy (non-hydrogen) atoms. The zero-order chi connectivity index (χ0) is 12.3. The highest BCUT2D eigenvalue weighted by Gasteiger charge is 2.25. The average molecular weight is 254 g/mol. The van der Waals surface area contributed by atoms with E-state index in [4.69, 9.17) is 17.3 Å². The Bertz CT molecular complexity index is 410. The Labute approximate surface area is 106 Å². The van der Waals surface area contributed by atoms with Gasteiger partial charge in [-0.1, -0.05) is 18.0 Å². The fourth-order valence-corrected chi connectivity index (χ4v) is 2.36. The van der Waals surface area contributed by atoms with Crippen LogP contribution in [0.3, 0.4) is 0 Å². The monoisotopic (exact) mass is 253 g/mol. The smallest absolute Gasteiger partial charge is 0.227 e. The molecule has 0 saturated heterocycles. The number of nitrogens with zero attached hydrogens (tertiary/aromatic N) is 1. The third-order valence-corrected chi connectivity index (χ3v) is 3.29. The van der Waals surface area contributed by atoms with Gasteiger partial charge >= 0.3 is 0 Å². The molecule has 1 amide bonds. The summed E-state index contributed by atoms with van der Waals surface area (Å²) in [6.07, 6.45) is 5.30. The Morgan fingerprint density at radius 3 is 3.06 bits per heavy atom. The molecular formula is C12H16ClN3O. The standard InChI is InChI=1S/C12H16ClN3O/c13-11-7-10(4-5-15-11)16-12(17)8-2-1-3-9(14)6-8/h4-5,7-9H,1-3,6,14H2,(H,15,16,17). The molecule has 1 saturated carbocycles. The van der Waals surface area contributed by atoms with Gasteiger partial charge in [-0.25, -0.2) is 4.98 Å². The molecule has 4 nitrogen and oxygen atoms in total. The van der Waals surface area contributed by atoms with Crippen LogP contribution in [0.25, 0.3) is 0 Å². The molecule has 92 valence electrons. The molecule has 0 aromatic carbocycles. The van der Waals surface area contributed by atoms with E-state index in [9.17, 15) is 4.79 Å². The summed E-state index contributed by atoms with van der Waals surface area (Å²) >= 11 is 5.75. The third-order valence-electron chi connectivity index (χ3n) is 3.08. The van der Waals surface area contributed by atoms with Crippen LogP contribution < -0.4 is 11.1 Å². The molecule has 2 atom stereocenters. The maximum atomic E-state index is 12.0. The van der Waals surface area contributed by atoms with E-state index in [1.807, 2.05) is 0 Å². The molecule has 1 heterocycles. The molecule has 0 bridgehead atoms. The lowest BCUT2D eigenvalue weighted by molar-refractivity contribution is -0.120. The molecular weight excluding hydrogens is 238 g/mol. The van der Waals surface area contributed by atoms with Crippen molar-refractivity contribution in [2.45, 2.75) is 31.7 Å². The molecule has 1 fully saturated rings. The highest BCUT2D eigenvalue weighted by atomic mass is 35.5. The maximum absolute atomic E-state index is 12.0. The van der Waals surface area contributed by atoms with Gasteiger partial charge in [0.1, 0.15) is 5.15 Å². The summed E-state index contributed by atoms with van der Waals surface area (Å²) in [5.74, 6) is 0.0492. The van der Waals surface area contributed by atoms with Crippen LogP contribution in [0.5, 0.6) is 0 Å². The maximum Gasteiger partial charge on any atom is 0.227 e. The van der Waals surface area contributed by atoms with Crippen LogP contribution >= 0.6 is 11.6 Å². The number of nitrogens with two attached hydrogens (primary N) is 1. The number of amides is 1. The van der Waals surface area contributed by atoms with Crippen LogP contribution in [0.1, 0.15) is 25.7 Å². The zero-order valence-electron chi connectivity index (χ0n) is 9.53. The van der Waals surface area contributed by atoms with Gasteiger partial charge in [0, 0.05) is 23.8 Å². The number of pyridine rings is 1. The van der Waals surface area contributed by atoms with Crippen molar-refractivity contribution in [1.82, 2.24) is 4.98 Å². The van der Waals surface area contributed by atoms with Crippen molar-refractivity contribution in [3.05, 3.63) is 23.5 Å². The molecule has 5 heteroatoms. The van der Waals surface area contributed by atoms with Crippen molar-refractivity contribution in [1.29, 1.82) is 0 Å². The van der Waals surface area contributed by atoms with Crippen molar-refractivity contribution in [2.24, 2.45) is 11.7 Å². The first kappa shape index (κ1) is 12.3. The summed E-state index contributed by atoms with van der Waals surface area (Å²) in [6.45, 7) is 0. The van der Waals surface area contributed by atoms with E-state index in [2.05, 4.69) is 10.3 Å². The Kier molecular flexibility index (Phi) is 3.97. The zero-order valence-corrected chi connectivity index (χ0v) is 10.3. The second-order valence-electron chi connectivity index (χ2n) is 4.48. The molecule has 2 rings (SSSR count). The number of carbonyl (C=O) groups is 1. The molecule has 0 radical (unpaired) electrons. The van der Waals surface area contributed by atoms with E-state index in [-0.39, 0.29) is 17.9 Å². The first-order chi connectivity index (χ1) is 8.15. The second kappa shape index (κ2) is 5.47. The van der Waals surface area contributed by atoms with E-state index in [1.54, 1.807) is 18.3 Å². The van der Waals surface area contributed by atoms with Crippen molar-refractivity contribution in [2.75, 3.05) is 5.32 Å². The highest BCUT2D eigenvalue weighted by molar-refractivity contribution is 6.29. The van der Waals surface area contributed by atoms with Crippen LogP contribution in [-0.4, -0.2) is 16.9 Å². The highest BCUT2D eigenvalue weighted by Crippen LogP contribution is 2.24. The van der Waals surface area contributed by atoms with Crippen LogP contribution in [0.2, 0.25) is 5.15 Å². The molecule has 1 aliphatic carbocycles. The van der Waals surface area contributed by atoms with Gasteiger partial charge in [-0.2, -0.15) is 0 Å². The molecule has 0 spiro atoms. The number of hydrogen-bond acceptors (Lipinski definition) is 3. The topological polar surface area (TPSA) is 68.0 Å². The normalized spacial score (nSPS) is 24.4. The van der Waals surface area contributed by atoms with Crippen LogP contribution in [0, 0.1) is 5.92 Å². The van der Waals surface area contributed by atoms with Gasteiger partial charge in [-0.05, 0) is 31.4 Å². The molecule has 1 aliphatic rings. The first-order valence-electron chi connectivity index (χ1n) is 5.83. The van der Waals surface area contributed by atoms with Crippen molar-refractivity contribution in [3.8, 4) is 0 Å².